The first kappa shape index (κ1) is 34.0. The van der Waals surface area contributed by atoms with Gasteiger partial charge in [0.1, 0.15) is 42.7 Å². The van der Waals surface area contributed by atoms with Gasteiger partial charge in [-0.25, -0.2) is 4.79 Å². The summed E-state index contributed by atoms with van der Waals surface area (Å²) in [6, 6.07) is 26.8. The third kappa shape index (κ3) is 7.69. The first-order valence-corrected chi connectivity index (χ1v) is 15.5. The molecular formula is C34H37N3O11. The van der Waals surface area contributed by atoms with Gasteiger partial charge in [-0.05, 0) is 16.7 Å². The number of carbonyl (C=O) groups is 1. The van der Waals surface area contributed by atoms with Crippen LogP contribution in [0.3, 0.4) is 0 Å². The summed E-state index contributed by atoms with van der Waals surface area (Å²) >= 11 is 0. The van der Waals surface area contributed by atoms with Gasteiger partial charge in [-0.3, -0.25) is 0 Å². The fourth-order valence-electron chi connectivity index (χ4n) is 6.07. The van der Waals surface area contributed by atoms with Crippen molar-refractivity contribution in [1.29, 1.82) is 0 Å². The molecule has 3 heterocycles. The fourth-order valence-corrected chi connectivity index (χ4v) is 6.07. The Morgan fingerprint density at radius 2 is 1.46 bits per heavy atom. The number of methoxy groups -OCH3 is 1. The largest absolute Gasteiger partial charge is 0.479 e. The predicted octanol–water partition coefficient (Wildman–Crippen LogP) is 3.88. The van der Waals surface area contributed by atoms with Crippen LogP contribution >= 0.6 is 0 Å². The van der Waals surface area contributed by atoms with E-state index < -0.39 is 73.6 Å². The monoisotopic (exact) mass is 663 g/mol. The minimum absolute atomic E-state index is 0.0204. The number of azide groups is 1. The Kier molecular flexibility index (Phi) is 11.3. The van der Waals surface area contributed by atoms with E-state index in [-0.39, 0.29) is 19.8 Å². The van der Waals surface area contributed by atoms with E-state index in [1.165, 1.54) is 7.11 Å². The van der Waals surface area contributed by atoms with E-state index in [1.807, 2.05) is 91.0 Å². The molecule has 3 aromatic rings. The average molecular weight is 664 g/mol. The molecule has 6 rings (SSSR count). The van der Waals surface area contributed by atoms with Crippen molar-refractivity contribution in [3.63, 3.8) is 0 Å². The molecule has 2 N–H and O–H groups in total. The second-order valence-corrected chi connectivity index (χ2v) is 11.5. The van der Waals surface area contributed by atoms with Crippen molar-refractivity contribution in [1.82, 2.24) is 0 Å². The zero-order valence-electron chi connectivity index (χ0n) is 26.0. The third-order valence-corrected chi connectivity index (χ3v) is 8.42. The third-order valence-electron chi connectivity index (χ3n) is 8.42. The molecule has 0 radical (unpaired) electrons. The lowest BCUT2D eigenvalue weighted by Crippen LogP contribution is -2.66. The maximum Gasteiger partial charge on any atom is 0.335 e. The Bertz CT molecular complexity index is 1510. The van der Waals surface area contributed by atoms with Gasteiger partial charge < -0.3 is 48.1 Å². The van der Waals surface area contributed by atoms with Crippen LogP contribution in [0.5, 0.6) is 0 Å². The first-order valence-electron chi connectivity index (χ1n) is 15.5. The van der Waals surface area contributed by atoms with E-state index in [0.717, 1.165) is 16.7 Å². The number of aliphatic carboxylic acids is 1. The fraction of sp³-hybridized carbons (Fsp3) is 0.441. The van der Waals surface area contributed by atoms with Gasteiger partial charge in [0.25, 0.3) is 0 Å². The molecule has 254 valence electrons. The number of aliphatic hydroxyl groups is 1. The van der Waals surface area contributed by atoms with E-state index >= 15 is 0 Å². The molecule has 3 aliphatic rings. The molecule has 14 nitrogen and oxygen atoms in total. The van der Waals surface area contributed by atoms with Gasteiger partial charge in [-0.15, -0.1) is 0 Å². The smallest absolute Gasteiger partial charge is 0.335 e. The molecule has 0 bridgehead atoms. The molecule has 0 saturated carbocycles. The predicted molar refractivity (Wildman–Crippen MR) is 166 cm³/mol. The van der Waals surface area contributed by atoms with Crippen LogP contribution < -0.4 is 0 Å². The van der Waals surface area contributed by atoms with Crippen molar-refractivity contribution in [3.05, 3.63) is 118 Å². The SMILES string of the molecule is CO[C@@H]1O[C@@H](C(=O)O)[C@@H](O[C@H]2O[C@@H]3COC(c4ccccc4)O[C@H]3[C@H](OCc3ccccc3)[C@H]2N=[N+]=[N-])[C@H](OCc2ccccc2)[C@H]1O. The number of hydrogen-bond acceptors (Lipinski definition) is 11. The van der Waals surface area contributed by atoms with Crippen molar-refractivity contribution in [2.24, 2.45) is 5.11 Å². The van der Waals surface area contributed by atoms with Crippen molar-refractivity contribution >= 4 is 5.97 Å². The Morgan fingerprint density at radius 3 is 2.04 bits per heavy atom. The summed E-state index contributed by atoms with van der Waals surface area (Å²) in [4.78, 5) is 15.6. The molecule has 3 aromatic carbocycles. The van der Waals surface area contributed by atoms with Gasteiger partial charge in [0.15, 0.2) is 25.0 Å². The maximum absolute atomic E-state index is 12.5. The second-order valence-electron chi connectivity index (χ2n) is 11.5. The molecule has 3 aliphatic heterocycles. The molecule has 14 heteroatoms. The molecular weight excluding hydrogens is 626 g/mol. The first-order chi connectivity index (χ1) is 23.5. The zero-order valence-corrected chi connectivity index (χ0v) is 26.0. The van der Waals surface area contributed by atoms with Crippen molar-refractivity contribution < 1.29 is 52.9 Å². The van der Waals surface area contributed by atoms with Gasteiger partial charge in [-0.1, -0.05) is 96.1 Å². The number of fused-ring (bicyclic) bond motifs is 1. The number of rotatable bonds is 12. The van der Waals surface area contributed by atoms with Crippen molar-refractivity contribution in [2.75, 3.05) is 13.7 Å². The highest BCUT2D eigenvalue weighted by Gasteiger charge is 2.56. The Morgan fingerprint density at radius 1 is 0.854 bits per heavy atom. The van der Waals surface area contributed by atoms with E-state index in [1.54, 1.807) is 0 Å². The highest BCUT2D eigenvalue weighted by atomic mass is 16.8. The number of aliphatic hydroxyl groups excluding tert-OH is 1. The van der Waals surface area contributed by atoms with E-state index in [0.29, 0.717) is 0 Å². The van der Waals surface area contributed by atoms with Crippen LogP contribution in [0.4, 0.5) is 0 Å². The summed E-state index contributed by atoms with van der Waals surface area (Å²) in [6.45, 7) is 0.219. The standard InChI is InChI=1S/C34H37N3O11/c1-41-34-25(38)28(43-18-21-13-7-3-8-14-21)29(30(48-34)31(39)40)47-33-24(36-37-35)27(42-17-20-11-5-2-6-12-20)26-23(45-33)19-44-32(46-26)22-15-9-4-10-16-22/h2-16,23-30,32-34,38H,17-19H2,1H3,(H,39,40)/t23-,24-,25-,26-,27-,28-,29+,30-,32?,33-,34-/m1/s1. The number of carboxylic acids is 1. The summed E-state index contributed by atoms with van der Waals surface area (Å²) in [5.41, 5.74) is 12.1. The average Bonchev–Trinajstić information content (AvgIpc) is 3.12. The number of hydrogen-bond donors (Lipinski definition) is 2. The number of nitrogens with zero attached hydrogens (tertiary/aromatic N) is 3. The van der Waals surface area contributed by atoms with Gasteiger partial charge >= 0.3 is 5.97 Å². The molecule has 0 aromatic heterocycles. The summed E-state index contributed by atoms with van der Waals surface area (Å²) in [5, 5.41) is 25.5. The van der Waals surface area contributed by atoms with Crippen LogP contribution in [0, 0.1) is 0 Å². The van der Waals surface area contributed by atoms with Crippen LogP contribution in [0.2, 0.25) is 0 Å². The molecule has 0 spiro atoms. The Labute approximate surface area is 276 Å². The highest BCUT2D eigenvalue weighted by molar-refractivity contribution is 5.73. The minimum Gasteiger partial charge on any atom is -0.479 e. The van der Waals surface area contributed by atoms with Crippen molar-refractivity contribution in [2.45, 2.75) is 80.9 Å². The summed E-state index contributed by atoms with van der Waals surface area (Å²) in [5.74, 6) is -1.39. The van der Waals surface area contributed by atoms with E-state index in [4.69, 9.17) is 37.9 Å². The summed E-state index contributed by atoms with van der Waals surface area (Å²) in [7, 11) is 1.28. The normalized spacial score (nSPS) is 33.2. The Hall–Kier alpha value is -3.92. The lowest BCUT2D eigenvalue weighted by Gasteiger charge is -2.50. The van der Waals surface area contributed by atoms with Gasteiger partial charge in [0.2, 0.25) is 0 Å². The lowest BCUT2D eigenvalue weighted by atomic mass is 9.94. The number of benzene rings is 3. The van der Waals surface area contributed by atoms with E-state index in [9.17, 15) is 20.5 Å². The van der Waals surface area contributed by atoms with Gasteiger partial charge in [0.05, 0.1) is 19.8 Å². The van der Waals surface area contributed by atoms with E-state index in [2.05, 4.69) is 10.0 Å². The second kappa shape index (κ2) is 16.0. The Balaban J connectivity index is 1.31. The quantitative estimate of drug-likeness (QED) is 0.163. The van der Waals surface area contributed by atoms with Crippen LogP contribution in [-0.2, 0) is 55.9 Å². The molecule has 3 saturated heterocycles. The van der Waals surface area contributed by atoms with Crippen LogP contribution in [0.1, 0.15) is 23.0 Å². The van der Waals surface area contributed by atoms with Crippen LogP contribution in [0.25, 0.3) is 10.4 Å². The minimum atomic E-state index is -1.66. The molecule has 0 amide bonds. The number of carboxylic acid groups (broad SMARTS) is 1. The molecule has 1 unspecified atom stereocenters. The molecule has 0 aliphatic carbocycles. The highest BCUT2D eigenvalue weighted by Crippen LogP contribution is 2.39. The molecule has 11 atom stereocenters. The van der Waals surface area contributed by atoms with Crippen molar-refractivity contribution in [3.8, 4) is 0 Å². The number of ether oxygens (including phenoxy) is 8. The van der Waals surface area contributed by atoms with Gasteiger partial charge in [-0.2, -0.15) is 0 Å². The van der Waals surface area contributed by atoms with Crippen LogP contribution in [-0.4, -0.2) is 91.2 Å². The maximum atomic E-state index is 12.5. The summed E-state index contributed by atoms with van der Waals surface area (Å²) in [6.07, 6.45) is -11.7. The zero-order chi connectivity index (χ0) is 33.5. The lowest BCUT2D eigenvalue weighted by molar-refractivity contribution is -0.371. The topological polar surface area (TPSA) is 180 Å². The molecule has 3 fully saturated rings. The van der Waals surface area contributed by atoms with Gasteiger partial charge in [0, 0.05) is 17.6 Å². The summed E-state index contributed by atoms with van der Waals surface area (Å²) < 4.78 is 48.5. The van der Waals surface area contributed by atoms with Crippen LogP contribution in [0.15, 0.2) is 96.1 Å². The molecule has 48 heavy (non-hydrogen) atoms.